The first-order valence-corrected chi connectivity index (χ1v) is 10.7. The van der Waals surface area contributed by atoms with Gasteiger partial charge in [0.1, 0.15) is 0 Å². The van der Waals surface area contributed by atoms with Crippen molar-refractivity contribution in [2.75, 3.05) is 20.1 Å². The summed E-state index contributed by atoms with van der Waals surface area (Å²) >= 11 is 0. The highest BCUT2D eigenvalue weighted by atomic mass is 16.4. The van der Waals surface area contributed by atoms with Crippen molar-refractivity contribution in [2.24, 2.45) is 0 Å². The molecule has 2 aromatic carbocycles. The Kier molecular flexibility index (Phi) is 6.61. The van der Waals surface area contributed by atoms with Gasteiger partial charge in [0.2, 0.25) is 23.6 Å². The summed E-state index contributed by atoms with van der Waals surface area (Å²) in [5.41, 5.74) is 3.14. The normalized spacial score (nSPS) is 16.6. The molecule has 0 saturated carbocycles. The van der Waals surface area contributed by atoms with E-state index in [1.165, 1.54) is 10.5 Å². The van der Waals surface area contributed by atoms with Crippen LogP contribution in [0.2, 0.25) is 0 Å². The zero-order valence-corrected chi connectivity index (χ0v) is 18.3. The third-order valence-electron chi connectivity index (χ3n) is 5.60. The molecule has 0 aliphatic carbocycles. The van der Waals surface area contributed by atoms with Crippen molar-refractivity contribution < 1.29 is 14.0 Å². The number of amides is 2. The largest absolute Gasteiger partial charge is 0.419 e. The SMILES string of the molecule is Cc1ccc(CN2CCNC(=O)C2CC(=O)N(C)Cc2nnc(-c3ccccc3)o2)cc1. The molecule has 2 heterocycles. The topological polar surface area (TPSA) is 91.6 Å². The van der Waals surface area contributed by atoms with Gasteiger partial charge in [-0.15, -0.1) is 10.2 Å². The first kappa shape index (κ1) is 21.7. The molecule has 1 unspecified atom stereocenters. The highest BCUT2D eigenvalue weighted by Crippen LogP contribution is 2.19. The van der Waals surface area contributed by atoms with Crippen molar-refractivity contribution >= 4 is 11.8 Å². The second-order valence-electron chi connectivity index (χ2n) is 8.08. The second kappa shape index (κ2) is 9.74. The first-order valence-electron chi connectivity index (χ1n) is 10.7. The fourth-order valence-electron chi connectivity index (χ4n) is 3.73. The Morgan fingerprint density at radius 2 is 1.91 bits per heavy atom. The molecule has 2 amide bonds. The number of aromatic nitrogens is 2. The van der Waals surface area contributed by atoms with Crippen molar-refractivity contribution in [1.82, 2.24) is 25.3 Å². The number of rotatable bonds is 7. The molecule has 0 spiro atoms. The number of nitrogens with one attached hydrogen (secondary N) is 1. The lowest BCUT2D eigenvalue weighted by Gasteiger charge is -2.35. The monoisotopic (exact) mass is 433 g/mol. The molecule has 1 saturated heterocycles. The maximum atomic E-state index is 12.9. The molecular weight excluding hydrogens is 406 g/mol. The zero-order chi connectivity index (χ0) is 22.5. The van der Waals surface area contributed by atoms with Gasteiger partial charge in [-0.3, -0.25) is 14.5 Å². The molecule has 1 aliphatic heterocycles. The van der Waals surface area contributed by atoms with Gasteiger partial charge in [-0.05, 0) is 24.6 Å². The lowest BCUT2D eigenvalue weighted by atomic mass is 10.1. The summed E-state index contributed by atoms with van der Waals surface area (Å²) in [6.45, 7) is 4.13. The third-order valence-corrected chi connectivity index (χ3v) is 5.60. The van der Waals surface area contributed by atoms with Gasteiger partial charge in [0.25, 0.3) is 0 Å². The summed E-state index contributed by atoms with van der Waals surface area (Å²) in [4.78, 5) is 29.1. The molecule has 3 aromatic rings. The summed E-state index contributed by atoms with van der Waals surface area (Å²) in [7, 11) is 1.68. The van der Waals surface area contributed by atoms with Crippen LogP contribution in [0.3, 0.4) is 0 Å². The minimum Gasteiger partial charge on any atom is -0.419 e. The van der Waals surface area contributed by atoms with E-state index in [9.17, 15) is 9.59 Å². The quantitative estimate of drug-likeness (QED) is 0.615. The lowest BCUT2D eigenvalue weighted by molar-refractivity contribution is -0.138. The summed E-state index contributed by atoms with van der Waals surface area (Å²) in [6, 6.07) is 17.2. The number of hydrogen-bond donors (Lipinski definition) is 1. The number of carbonyl (C=O) groups is 2. The summed E-state index contributed by atoms with van der Waals surface area (Å²) in [6.07, 6.45) is 0.0911. The molecule has 166 valence electrons. The van der Waals surface area contributed by atoms with E-state index in [-0.39, 0.29) is 24.8 Å². The van der Waals surface area contributed by atoms with Crippen LogP contribution < -0.4 is 5.32 Å². The fraction of sp³-hybridized carbons (Fsp3) is 0.333. The minimum absolute atomic E-state index is 0.0911. The van der Waals surface area contributed by atoms with Gasteiger partial charge in [-0.2, -0.15) is 0 Å². The van der Waals surface area contributed by atoms with Crippen LogP contribution in [0.5, 0.6) is 0 Å². The summed E-state index contributed by atoms with van der Waals surface area (Å²) in [5.74, 6) is 0.497. The molecule has 1 aliphatic rings. The smallest absolute Gasteiger partial charge is 0.247 e. The van der Waals surface area contributed by atoms with Crippen LogP contribution >= 0.6 is 0 Å². The van der Waals surface area contributed by atoms with E-state index < -0.39 is 6.04 Å². The Hall–Kier alpha value is -3.52. The molecule has 4 rings (SSSR count). The number of piperazine rings is 1. The predicted molar refractivity (Wildman–Crippen MR) is 119 cm³/mol. The minimum atomic E-state index is -0.512. The molecule has 1 fully saturated rings. The molecule has 8 nitrogen and oxygen atoms in total. The number of aryl methyl sites for hydroxylation is 1. The molecule has 1 N–H and O–H groups in total. The average molecular weight is 434 g/mol. The molecule has 0 radical (unpaired) electrons. The lowest BCUT2D eigenvalue weighted by Crippen LogP contribution is -2.56. The van der Waals surface area contributed by atoms with E-state index in [0.717, 1.165) is 11.1 Å². The second-order valence-corrected chi connectivity index (χ2v) is 8.08. The highest BCUT2D eigenvalue weighted by molar-refractivity contribution is 5.88. The van der Waals surface area contributed by atoms with Crippen LogP contribution in [0, 0.1) is 6.92 Å². The number of carbonyl (C=O) groups excluding carboxylic acids is 2. The van der Waals surface area contributed by atoms with Crippen molar-refractivity contribution in [3.8, 4) is 11.5 Å². The third kappa shape index (κ3) is 5.20. The van der Waals surface area contributed by atoms with Crippen molar-refractivity contribution in [3.63, 3.8) is 0 Å². The van der Waals surface area contributed by atoms with Crippen LogP contribution in [0.1, 0.15) is 23.4 Å². The molecule has 0 bridgehead atoms. The van der Waals surface area contributed by atoms with Crippen LogP contribution in [-0.4, -0.2) is 58.0 Å². The Bertz CT molecular complexity index is 1060. The van der Waals surface area contributed by atoms with Gasteiger partial charge in [0.15, 0.2) is 0 Å². The maximum absolute atomic E-state index is 12.9. The van der Waals surface area contributed by atoms with E-state index in [2.05, 4.69) is 44.7 Å². The number of nitrogens with zero attached hydrogens (tertiary/aromatic N) is 4. The van der Waals surface area contributed by atoms with Crippen molar-refractivity contribution in [2.45, 2.75) is 32.5 Å². The first-order chi connectivity index (χ1) is 15.5. The van der Waals surface area contributed by atoms with E-state index in [1.807, 2.05) is 37.3 Å². The number of hydrogen-bond acceptors (Lipinski definition) is 6. The summed E-state index contributed by atoms with van der Waals surface area (Å²) in [5, 5.41) is 11.0. The van der Waals surface area contributed by atoms with Gasteiger partial charge in [0.05, 0.1) is 19.0 Å². The van der Waals surface area contributed by atoms with Crippen LogP contribution in [0.15, 0.2) is 59.0 Å². The standard InChI is InChI=1S/C24H27N5O3/c1-17-8-10-18(11-9-17)15-29-13-12-25-23(31)20(29)14-22(30)28(2)16-21-26-27-24(32-21)19-6-4-3-5-7-19/h3-11,20H,12-16H2,1-2H3,(H,25,31). The van der Waals surface area contributed by atoms with Gasteiger partial charge in [-0.25, -0.2) is 0 Å². The Labute approximate surface area is 187 Å². The summed E-state index contributed by atoms with van der Waals surface area (Å²) < 4.78 is 5.71. The molecule has 32 heavy (non-hydrogen) atoms. The average Bonchev–Trinajstić information content (AvgIpc) is 3.26. The molecular formula is C24H27N5O3. The Morgan fingerprint density at radius 1 is 1.16 bits per heavy atom. The van der Waals surface area contributed by atoms with Crippen LogP contribution in [-0.2, 0) is 22.7 Å². The van der Waals surface area contributed by atoms with Gasteiger partial charge < -0.3 is 14.6 Å². The van der Waals surface area contributed by atoms with Crippen molar-refractivity contribution in [3.05, 3.63) is 71.6 Å². The Morgan fingerprint density at radius 3 is 2.66 bits per heavy atom. The van der Waals surface area contributed by atoms with Gasteiger partial charge in [0, 0.05) is 32.2 Å². The molecule has 1 atom stereocenters. The predicted octanol–water partition coefficient (Wildman–Crippen LogP) is 2.39. The fourth-order valence-corrected chi connectivity index (χ4v) is 3.73. The van der Waals surface area contributed by atoms with E-state index >= 15 is 0 Å². The number of benzene rings is 2. The zero-order valence-electron chi connectivity index (χ0n) is 18.3. The van der Waals surface area contributed by atoms with Gasteiger partial charge in [-0.1, -0.05) is 48.0 Å². The maximum Gasteiger partial charge on any atom is 0.247 e. The van der Waals surface area contributed by atoms with Crippen LogP contribution in [0.4, 0.5) is 0 Å². The highest BCUT2D eigenvalue weighted by Gasteiger charge is 2.32. The molecule has 1 aromatic heterocycles. The Balaban J connectivity index is 1.39. The van der Waals surface area contributed by atoms with Gasteiger partial charge >= 0.3 is 0 Å². The van der Waals surface area contributed by atoms with Crippen molar-refractivity contribution in [1.29, 1.82) is 0 Å². The molecule has 8 heteroatoms. The van der Waals surface area contributed by atoms with Crippen LogP contribution in [0.25, 0.3) is 11.5 Å². The van der Waals surface area contributed by atoms with E-state index in [0.29, 0.717) is 31.4 Å². The van der Waals surface area contributed by atoms with E-state index in [1.54, 1.807) is 7.05 Å². The van der Waals surface area contributed by atoms with E-state index in [4.69, 9.17) is 4.42 Å².